The smallest absolute Gasteiger partial charge is 0.243 e. The molecule has 0 saturated carbocycles. The SMILES string of the molecule is C=CC(=O)N[C@H](C)c1cn2ccccc2n1. The first-order chi connectivity index (χ1) is 7.70. The Hall–Kier alpha value is -2.10. The summed E-state index contributed by atoms with van der Waals surface area (Å²) in [6, 6.07) is 5.67. The maximum atomic E-state index is 11.1. The molecule has 0 unspecified atom stereocenters. The van der Waals surface area contributed by atoms with E-state index < -0.39 is 0 Å². The molecule has 4 nitrogen and oxygen atoms in total. The molecule has 0 bridgehead atoms. The van der Waals surface area contributed by atoms with Crippen molar-refractivity contribution in [3.05, 3.63) is 48.9 Å². The van der Waals surface area contributed by atoms with Gasteiger partial charge in [0.2, 0.25) is 5.91 Å². The van der Waals surface area contributed by atoms with Crippen LogP contribution in [0.1, 0.15) is 18.7 Å². The summed E-state index contributed by atoms with van der Waals surface area (Å²) >= 11 is 0. The van der Waals surface area contributed by atoms with Gasteiger partial charge in [-0.15, -0.1) is 0 Å². The molecule has 0 saturated heterocycles. The molecular weight excluding hydrogens is 202 g/mol. The Bertz CT molecular complexity index is 497. The molecule has 82 valence electrons. The highest BCUT2D eigenvalue weighted by Crippen LogP contribution is 2.12. The van der Waals surface area contributed by atoms with E-state index in [1.807, 2.05) is 41.9 Å². The Labute approximate surface area is 93.6 Å². The zero-order valence-corrected chi connectivity index (χ0v) is 9.05. The molecule has 0 aliphatic carbocycles. The van der Waals surface area contributed by atoms with E-state index >= 15 is 0 Å². The second kappa shape index (κ2) is 4.18. The molecule has 0 aliphatic rings. The third-order valence-corrected chi connectivity index (χ3v) is 2.37. The van der Waals surface area contributed by atoms with Crippen molar-refractivity contribution in [2.45, 2.75) is 13.0 Å². The van der Waals surface area contributed by atoms with E-state index in [-0.39, 0.29) is 11.9 Å². The molecule has 0 fully saturated rings. The van der Waals surface area contributed by atoms with Gasteiger partial charge >= 0.3 is 0 Å². The quantitative estimate of drug-likeness (QED) is 0.792. The number of pyridine rings is 1. The van der Waals surface area contributed by atoms with E-state index in [4.69, 9.17) is 0 Å². The molecule has 2 aromatic heterocycles. The number of imidazole rings is 1. The Morgan fingerprint density at radius 1 is 1.62 bits per heavy atom. The maximum absolute atomic E-state index is 11.1. The molecule has 0 aliphatic heterocycles. The summed E-state index contributed by atoms with van der Waals surface area (Å²) < 4.78 is 1.92. The summed E-state index contributed by atoms with van der Waals surface area (Å²) in [6.07, 6.45) is 5.09. The molecule has 0 spiro atoms. The number of amides is 1. The average molecular weight is 215 g/mol. The van der Waals surface area contributed by atoms with Crippen molar-refractivity contribution in [2.75, 3.05) is 0 Å². The number of fused-ring (bicyclic) bond motifs is 1. The van der Waals surface area contributed by atoms with Crippen molar-refractivity contribution in [1.82, 2.24) is 14.7 Å². The van der Waals surface area contributed by atoms with E-state index in [2.05, 4.69) is 16.9 Å². The minimum absolute atomic E-state index is 0.120. The number of hydrogen-bond acceptors (Lipinski definition) is 2. The molecule has 1 amide bonds. The lowest BCUT2D eigenvalue weighted by Crippen LogP contribution is -2.24. The Balaban J connectivity index is 2.26. The van der Waals surface area contributed by atoms with Crippen LogP contribution in [-0.2, 0) is 4.79 Å². The van der Waals surface area contributed by atoms with Crippen LogP contribution in [-0.4, -0.2) is 15.3 Å². The van der Waals surface area contributed by atoms with Crippen LogP contribution in [0.5, 0.6) is 0 Å². The third kappa shape index (κ3) is 1.95. The average Bonchev–Trinajstić information content (AvgIpc) is 2.72. The standard InChI is InChI=1S/C12H13N3O/c1-3-12(16)13-9(2)10-8-15-7-5-4-6-11(15)14-10/h3-9H,1H2,2H3,(H,13,16)/t9-/m1/s1. The van der Waals surface area contributed by atoms with E-state index in [0.29, 0.717) is 0 Å². The van der Waals surface area contributed by atoms with Crippen molar-refractivity contribution in [3.63, 3.8) is 0 Å². The van der Waals surface area contributed by atoms with Gasteiger partial charge < -0.3 is 9.72 Å². The van der Waals surface area contributed by atoms with Crippen LogP contribution in [0, 0.1) is 0 Å². The van der Waals surface area contributed by atoms with Crippen molar-refractivity contribution in [3.8, 4) is 0 Å². The van der Waals surface area contributed by atoms with Crippen LogP contribution in [0.3, 0.4) is 0 Å². The summed E-state index contributed by atoms with van der Waals surface area (Å²) in [6.45, 7) is 5.30. The van der Waals surface area contributed by atoms with Gasteiger partial charge in [0.1, 0.15) is 5.65 Å². The third-order valence-electron chi connectivity index (χ3n) is 2.37. The first-order valence-electron chi connectivity index (χ1n) is 5.07. The van der Waals surface area contributed by atoms with Crippen molar-refractivity contribution in [1.29, 1.82) is 0 Å². The summed E-state index contributed by atoms with van der Waals surface area (Å²) in [7, 11) is 0. The fourth-order valence-corrected chi connectivity index (χ4v) is 1.51. The van der Waals surface area contributed by atoms with Crippen LogP contribution in [0.25, 0.3) is 5.65 Å². The molecule has 0 aromatic carbocycles. The molecule has 1 atom stereocenters. The van der Waals surface area contributed by atoms with E-state index in [1.54, 1.807) is 0 Å². The van der Waals surface area contributed by atoms with E-state index in [1.165, 1.54) is 6.08 Å². The Kier molecular flexibility index (Phi) is 2.72. The normalized spacial score (nSPS) is 12.3. The number of carbonyl (C=O) groups excluding carboxylic acids is 1. The van der Waals surface area contributed by atoms with Gasteiger partial charge in [-0.2, -0.15) is 0 Å². The van der Waals surface area contributed by atoms with Crippen molar-refractivity contribution < 1.29 is 4.79 Å². The number of rotatable bonds is 3. The highest BCUT2D eigenvalue weighted by Gasteiger charge is 2.10. The van der Waals surface area contributed by atoms with Gasteiger partial charge in [-0.1, -0.05) is 12.6 Å². The van der Waals surface area contributed by atoms with Crippen molar-refractivity contribution >= 4 is 11.6 Å². The van der Waals surface area contributed by atoms with E-state index in [0.717, 1.165) is 11.3 Å². The first-order valence-corrected chi connectivity index (χ1v) is 5.07. The topological polar surface area (TPSA) is 46.4 Å². The predicted octanol–water partition coefficient (Wildman–Crippen LogP) is 1.70. The zero-order valence-electron chi connectivity index (χ0n) is 9.05. The summed E-state index contributed by atoms with van der Waals surface area (Å²) in [5.41, 5.74) is 1.71. The largest absolute Gasteiger partial charge is 0.344 e. The van der Waals surface area contributed by atoms with Crippen LogP contribution >= 0.6 is 0 Å². The van der Waals surface area contributed by atoms with Gasteiger partial charge in [-0.25, -0.2) is 4.98 Å². The number of carbonyl (C=O) groups is 1. The highest BCUT2D eigenvalue weighted by molar-refractivity contribution is 5.87. The van der Waals surface area contributed by atoms with Gasteiger partial charge in [-0.05, 0) is 25.1 Å². The second-order valence-electron chi connectivity index (χ2n) is 3.57. The Morgan fingerprint density at radius 2 is 2.44 bits per heavy atom. The lowest BCUT2D eigenvalue weighted by atomic mass is 10.2. The van der Waals surface area contributed by atoms with Crippen LogP contribution < -0.4 is 5.32 Å². The summed E-state index contributed by atoms with van der Waals surface area (Å²) in [5, 5.41) is 2.77. The minimum Gasteiger partial charge on any atom is -0.344 e. The highest BCUT2D eigenvalue weighted by atomic mass is 16.1. The lowest BCUT2D eigenvalue weighted by Gasteiger charge is -2.08. The monoisotopic (exact) mass is 215 g/mol. The van der Waals surface area contributed by atoms with Gasteiger partial charge in [0.05, 0.1) is 11.7 Å². The van der Waals surface area contributed by atoms with Gasteiger partial charge in [0, 0.05) is 12.4 Å². The number of aromatic nitrogens is 2. The number of nitrogens with zero attached hydrogens (tertiary/aromatic N) is 2. The molecule has 0 radical (unpaired) electrons. The van der Waals surface area contributed by atoms with Gasteiger partial charge in [0.25, 0.3) is 0 Å². The van der Waals surface area contributed by atoms with Gasteiger partial charge in [0.15, 0.2) is 0 Å². The molecule has 2 aromatic rings. The van der Waals surface area contributed by atoms with Crippen LogP contribution in [0.2, 0.25) is 0 Å². The van der Waals surface area contributed by atoms with Gasteiger partial charge in [-0.3, -0.25) is 4.79 Å². The molecule has 16 heavy (non-hydrogen) atoms. The molecule has 2 rings (SSSR count). The van der Waals surface area contributed by atoms with E-state index in [9.17, 15) is 4.79 Å². The summed E-state index contributed by atoms with van der Waals surface area (Å²) in [5.74, 6) is -0.190. The predicted molar refractivity (Wildman–Crippen MR) is 61.9 cm³/mol. The Morgan fingerprint density at radius 3 is 3.12 bits per heavy atom. The lowest BCUT2D eigenvalue weighted by molar-refractivity contribution is -0.117. The van der Waals surface area contributed by atoms with Crippen LogP contribution in [0.15, 0.2) is 43.2 Å². The fraction of sp³-hybridized carbons (Fsp3) is 0.167. The summed E-state index contributed by atoms with van der Waals surface area (Å²) in [4.78, 5) is 15.6. The number of hydrogen-bond donors (Lipinski definition) is 1. The second-order valence-corrected chi connectivity index (χ2v) is 3.57. The fourth-order valence-electron chi connectivity index (χ4n) is 1.51. The number of nitrogens with one attached hydrogen (secondary N) is 1. The van der Waals surface area contributed by atoms with Crippen LogP contribution in [0.4, 0.5) is 0 Å². The molecule has 1 N–H and O–H groups in total. The minimum atomic E-state index is -0.190. The van der Waals surface area contributed by atoms with Crippen molar-refractivity contribution in [2.24, 2.45) is 0 Å². The zero-order chi connectivity index (χ0) is 11.5. The molecule has 4 heteroatoms. The molecule has 2 heterocycles. The first kappa shape index (κ1) is 10.4. The molecular formula is C12H13N3O. The maximum Gasteiger partial charge on any atom is 0.243 e.